The van der Waals surface area contributed by atoms with Gasteiger partial charge in [0.25, 0.3) is 0 Å². The van der Waals surface area contributed by atoms with Crippen LogP contribution in [0.4, 0.5) is 4.39 Å². The van der Waals surface area contributed by atoms with Gasteiger partial charge in [-0.05, 0) is 18.2 Å². The Bertz CT molecular complexity index is 536. The minimum absolute atomic E-state index is 0. The van der Waals surface area contributed by atoms with Crippen molar-refractivity contribution in [2.75, 3.05) is 6.54 Å². The van der Waals surface area contributed by atoms with Gasteiger partial charge in [-0.25, -0.2) is 9.37 Å². The lowest BCUT2D eigenvalue weighted by molar-refractivity contribution is 0.629. The molecule has 0 aliphatic rings. The first kappa shape index (κ1) is 16.5. The van der Waals surface area contributed by atoms with Gasteiger partial charge in [0.2, 0.25) is 0 Å². The van der Waals surface area contributed by atoms with Gasteiger partial charge in [-0.15, -0.1) is 24.8 Å². The van der Waals surface area contributed by atoms with Crippen LogP contribution in [0.5, 0.6) is 0 Å². The number of guanidine groups is 1. The third kappa shape index (κ3) is 4.05. The monoisotopic (exact) mass is 293 g/mol. The molecule has 0 fully saturated rings. The molecule has 100 valence electrons. The second kappa shape index (κ2) is 7.03. The molecule has 8 heteroatoms. The summed E-state index contributed by atoms with van der Waals surface area (Å²) in [5.74, 6) is 0.514. The predicted molar refractivity (Wildman–Crippen MR) is 74.9 cm³/mol. The molecule has 0 spiro atoms. The summed E-state index contributed by atoms with van der Waals surface area (Å²) in [7, 11) is 0. The number of nitrogens with one attached hydrogen (secondary N) is 1. The Balaban J connectivity index is 0.00000144. The van der Waals surface area contributed by atoms with E-state index >= 15 is 0 Å². The van der Waals surface area contributed by atoms with Crippen LogP contribution in [0.1, 0.15) is 5.82 Å². The highest BCUT2D eigenvalue weighted by Crippen LogP contribution is 2.12. The van der Waals surface area contributed by atoms with Gasteiger partial charge in [-0.2, -0.15) is 0 Å². The molecule has 1 aromatic carbocycles. The zero-order chi connectivity index (χ0) is 11.5. The van der Waals surface area contributed by atoms with Gasteiger partial charge in [0.15, 0.2) is 5.96 Å². The number of fused-ring (bicyclic) bond motifs is 1. The van der Waals surface area contributed by atoms with Crippen LogP contribution in [0, 0.1) is 5.82 Å². The Morgan fingerprint density at radius 3 is 2.72 bits per heavy atom. The lowest BCUT2D eigenvalue weighted by atomic mass is 10.3. The molecule has 2 aromatic rings. The molecule has 0 radical (unpaired) electrons. The van der Waals surface area contributed by atoms with Crippen LogP contribution in [-0.4, -0.2) is 22.5 Å². The van der Waals surface area contributed by atoms with Crippen LogP contribution >= 0.6 is 24.8 Å². The molecule has 0 amide bonds. The van der Waals surface area contributed by atoms with E-state index in [1.54, 1.807) is 6.07 Å². The number of benzene rings is 1. The van der Waals surface area contributed by atoms with E-state index in [1.807, 2.05) is 0 Å². The Kier molecular flexibility index (Phi) is 6.43. The van der Waals surface area contributed by atoms with E-state index in [2.05, 4.69) is 15.0 Å². The number of H-pyrrole nitrogens is 1. The van der Waals surface area contributed by atoms with Gasteiger partial charge in [-0.3, -0.25) is 4.99 Å². The van der Waals surface area contributed by atoms with Gasteiger partial charge >= 0.3 is 0 Å². The zero-order valence-corrected chi connectivity index (χ0v) is 11.0. The smallest absolute Gasteiger partial charge is 0.185 e. The molecule has 1 aromatic heterocycles. The standard InChI is InChI=1S/C10H12FN5.2ClH/c11-6-1-2-7-8(5-6)16-9(15-7)3-4-14-10(12)13;;/h1-2,5H,3-4H2,(H,15,16)(H4,12,13,14);2*1H. The lowest BCUT2D eigenvalue weighted by Crippen LogP contribution is -2.23. The molecule has 0 aliphatic carbocycles. The summed E-state index contributed by atoms with van der Waals surface area (Å²) in [4.78, 5) is 11.1. The second-order valence-corrected chi connectivity index (χ2v) is 3.40. The Morgan fingerprint density at radius 1 is 1.33 bits per heavy atom. The minimum atomic E-state index is -0.285. The molecule has 0 atom stereocenters. The number of imidazole rings is 1. The van der Waals surface area contributed by atoms with Gasteiger partial charge in [0, 0.05) is 13.0 Å². The molecule has 0 saturated carbocycles. The largest absolute Gasteiger partial charge is 0.370 e. The summed E-state index contributed by atoms with van der Waals surface area (Å²) >= 11 is 0. The topological polar surface area (TPSA) is 93.1 Å². The summed E-state index contributed by atoms with van der Waals surface area (Å²) in [5, 5.41) is 0. The molecule has 0 unspecified atom stereocenters. The summed E-state index contributed by atoms with van der Waals surface area (Å²) in [6, 6.07) is 4.42. The van der Waals surface area contributed by atoms with Gasteiger partial charge in [0.05, 0.1) is 11.0 Å². The van der Waals surface area contributed by atoms with Crippen molar-refractivity contribution >= 4 is 41.8 Å². The maximum absolute atomic E-state index is 12.9. The summed E-state index contributed by atoms with van der Waals surface area (Å²) in [5.41, 5.74) is 11.8. The first-order valence-corrected chi connectivity index (χ1v) is 4.84. The quantitative estimate of drug-likeness (QED) is 0.589. The molecule has 18 heavy (non-hydrogen) atoms. The third-order valence-electron chi connectivity index (χ3n) is 2.14. The highest BCUT2D eigenvalue weighted by Gasteiger charge is 2.03. The maximum atomic E-state index is 12.9. The zero-order valence-electron chi connectivity index (χ0n) is 9.39. The second-order valence-electron chi connectivity index (χ2n) is 3.40. The first-order valence-electron chi connectivity index (χ1n) is 4.84. The number of hydrogen-bond donors (Lipinski definition) is 3. The maximum Gasteiger partial charge on any atom is 0.185 e. The van der Waals surface area contributed by atoms with E-state index in [4.69, 9.17) is 11.5 Å². The number of halogens is 3. The van der Waals surface area contributed by atoms with Crippen molar-refractivity contribution in [2.24, 2.45) is 16.5 Å². The van der Waals surface area contributed by atoms with Crippen LogP contribution in [0.25, 0.3) is 11.0 Å². The molecule has 0 saturated heterocycles. The van der Waals surface area contributed by atoms with Crippen LogP contribution in [0.3, 0.4) is 0 Å². The third-order valence-corrected chi connectivity index (χ3v) is 2.14. The normalized spacial score (nSPS) is 9.39. The van der Waals surface area contributed by atoms with E-state index in [1.165, 1.54) is 12.1 Å². The summed E-state index contributed by atoms with van der Waals surface area (Å²) in [6.45, 7) is 0.463. The molecular formula is C10H14Cl2FN5. The van der Waals surface area contributed by atoms with E-state index in [9.17, 15) is 4.39 Å². The van der Waals surface area contributed by atoms with E-state index in [-0.39, 0.29) is 36.6 Å². The fourth-order valence-electron chi connectivity index (χ4n) is 1.44. The number of aromatic amines is 1. The van der Waals surface area contributed by atoms with Crippen molar-refractivity contribution in [3.8, 4) is 0 Å². The molecule has 5 nitrogen and oxygen atoms in total. The predicted octanol–water partition coefficient (Wildman–Crippen LogP) is 1.36. The van der Waals surface area contributed by atoms with Crippen molar-refractivity contribution in [3.05, 3.63) is 29.8 Å². The van der Waals surface area contributed by atoms with E-state index in [0.29, 0.717) is 18.5 Å². The van der Waals surface area contributed by atoms with Crippen LogP contribution < -0.4 is 11.5 Å². The Hall–Kier alpha value is -1.53. The summed E-state index contributed by atoms with van der Waals surface area (Å²) < 4.78 is 12.9. The lowest BCUT2D eigenvalue weighted by Gasteiger charge is -1.92. The molecule has 0 bridgehead atoms. The van der Waals surface area contributed by atoms with Gasteiger partial charge < -0.3 is 16.5 Å². The van der Waals surface area contributed by atoms with E-state index < -0.39 is 0 Å². The van der Waals surface area contributed by atoms with Crippen molar-refractivity contribution in [1.29, 1.82) is 0 Å². The average Bonchev–Trinajstić information content (AvgIpc) is 2.58. The Morgan fingerprint density at radius 2 is 2.06 bits per heavy atom. The van der Waals surface area contributed by atoms with Crippen LogP contribution in [0.15, 0.2) is 23.2 Å². The molecule has 5 N–H and O–H groups in total. The van der Waals surface area contributed by atoms with Gasteiger partial charge in [0.1, 0.15) is 11.6 Å². The fraction of sp³-hybridized carbons (Fsp3) is 0.200. The number of aromatic nitrogens is 2. The average molecular weight is 294 g/mol. The van der Waals surface area contributed by atoms with Gasteiger partial charge in [-0.1, -0.05) is 0 Å². The number of aliphatic imine (C=N–C) groups is 1. The van der Waals surface area contributed by atoms with E-state index in [0.717, 1.165) is 11.3 Å². The van der Waals surface area contributed by atoms with Crippen molar-refractivity contribution < 1.29 is 4.39 Å². The highest BCUT2D eigenvalue weighted by atomic mass is 35.5. The van der Waals surface area contributed by atoms with Crippen LogP contribution in [-0.2, 0) is 6.42 Å². The molecule has 0 aliphatic heterocycles. The van der Waals surface area contributed by atoms with Crippen molar-refractivity contribution in [2.45, 2.75) is 6.42 Å². The molecule has 2 rings (SSSR count). The number of nitrogens with two attached hydrogens (primary N) is 2. The fourth-order valence-corrected chi connectivity index (χ4v) is 1.44. The molecule has 1 heterocycles. The first-order chi connectivity index (χ1) is 7.65. The number of nitrogens with zero attached hydrogens (tertiary/aromatic N) is 2. The Labute approximate surface area is 116 Å². The minimum Gasteiger partial charge on any atom is -0.370 e. The number of hydrogen-bond acceptors (Lipinski definition) is 2. The highest BCUT2D eigenvalue weighted by molar-refractivity contribution is 5.85. The number of rotatable bonds is 3. The molecular weight excluding hydrogens is 280 g/mol. The summed E-state index contributed by atoms with van der Waals surface area (Å²) in [6.07, 6.45) is 0.591. The van der Waals surface area contributed by atoms with Crippen LogP contribution in [0.2, 0.25) is 0 Å². The van der Waals surface area contributed by atoms with Crippen molar-refractivity contribution in [3.63, 3.8) is 0 Å². The SMILES string of the molecule is Cl.Cl.NC(N)=NCCc1nc2ccc(F)cc2[nH]1. The van der Waals surface area contributed by atoms with Crippen molar-refractivity contribution in [1.82, 2.24) is 9.97 Å².